The monoisotopic (exact) mass is 285 g/mol. The van der Waals surface area contributed by atoms with E-state index < -0.39 is 5.97 Å². The summed E-state index contributed by atoms with van der Waals surface area (Å²) in [5.74, 6) is -0.554. The maximum atomic E-state index is 12.1. The Bertz CT molecular complexity index is 313. The summed E-state index contributed by atoms with van der Waals surface area (Å²) in [5, 5.41) is 9.16. The van der Waals surface area contributed by atoms with Crippen molar-refractivity contribution in [2.75, 3.05) is 13.2 Å². The summed E-state index contributed by atoms with van der Waals surface area (Å²) >= 11 is 0. The van der Waals surface area contributed by atoms with E-state index in [0.717, 1.165) is 32.1 Å². The number of rotatable bonds is 7. The first-order valence-corrected chi connectivity index (χ1v) is 7.75. The first-order chi connectivity index (χ1) is 9.60. The number of aliphatic carboxylic acids is 1. The fourth-order valence-electron chi connectivity index (χ4n) is 3.07. The molecule has 0 aromatic carbocycles. The van der Waals surface area contributed by atoms with Crippen LogP contribution in [0, 0.1) is 5.92 Å². The van der Waals surface area contributed by atoms with Crippen molar-refractivity contribution in [2.24, 2.45) is 5.92 Å². The summed E-state index contributed by atoms with van der Waals surface area (Å²) in [4.78, 5) is 24.9. The second kappa shape index (κ2) is 8.82. The van der Waals surface area contributed by atoms with E-state index in [2.05, 4.69) is 0 Å². The Morgan fingerprint density at radius 2 is 1.90 bits per heavy atom. The van der Waals surface area contributed by atoms with E-state index in [9.17, 15) is 9.59 Å². The van der Waals surface area contributed by atoms with Crippen LogP contribution < -0.4 is 0 Å². The standard InChI is InChI=1S/C15H27NO4/c1-3-10-16(15(19)20-4-2)13(11-14(17)18)12-8-6-5-7-9-12/h12-13H,3-11H2,1-2H3,(H,17,18). The third-order valence-corrected chi connectivity index (χ3v) is 3.94. The van der Waals surface area contributed by atoms with E-state index in [0.29, 0.717) is 13.2 Å². The third-order valence-electron chi connectivity index (χ3n) is 3.94. The molecule has 1 aliphatic rings. The average Bonchev–Trinajstić information content (AvgIpc) is 2.43. The quantitative estimate of drug-likeness (QED) is 0.779. The fourth-order valence-corrected chi connectivity index (χ4v) is 3.07. The highest BCUT2D eigenvalue weighted by Gasteiger charge is 2.33. The summed E-state index contributed by atoms with van der Waals surface area (Å²) in [6.07, 6.45) is 5.95. The molecule has 5 nitrogen and oxygen atoms in total. The van der Waals surface area contributed by atoms with E-state index >= 15 is 0 Å². The minimum Gasteiger partial charge on any atom is -0.481 e. The van der Waals surface area contributed by atoms with Crippen molar-refractivity contribution in [1.82, 2.24) is 4.90 Å². The molecule has 0 aromatic heterocycles. The van der Waals surface area contributed by atoms with E-state index in [1.165, 1.54) is 6.42 Å². The summed E-state index contributed by atoms with van der Waals surface area (Å²) in [6, 6.07) is -0.230. The van der Waals surface area contributed by atoms with Crippen LogP contribution in [-0.4, -0.2) is 41.3 Å². The van der Waals surface area contributed by atoms with Crippen LogP contribution >= 0.6 is 0 Å². The molecule has 0 radical (unpaired) electrons. The van der Waals surface area contributed by atoms with Gasteiger partial charge in [0, 0.05) is 12.6 Å². The predicted octanol–water partition coefficient (Wildman–Crippen LogP) is 3.28. The van der Waals surface area contributed by atoms with Gasteiger partial charge in [-0.05, 0) is 32.1 Å². The van der Waals surface area contributed by atoms with Crippen LogP contribution in [0.15, 0.2) is 0 Å². The van der Waals surface area contributed by atoms with Gasteiger partial charge in [0.2, 0.25) is 0 Å². The molecule has 1 unspecified atom stereocenters. The van der Waals surface area contributed by atoms with Crippen molar-refractivity contribution in [3.05, 3.63) is 0 Å². The zero-order chi connectivity index (χ0) is 15.0. The van der Waals surface area contributed by atoms with Crippen molar-refractivity contribution in [2.45, 2.75) is 64.8 Å². The molecule has 0 bridgehead atoms. The van der Waals surface area contributed by atoms with Gasteiger partial charge >= 0.3 is 12.1 Å². The molecule has 0 aliphatic heterocycles. The highest BCUT2D eigenvalue weighted by atomic mass is 16.6. The number of hydrogen-bond donors (Lipinski definition) is 1. The van der Waals surface area contributed by atoms with Gasteiger partial charge in [-0.15, -0.1) is 0 Å². The molecule has 1 rings (SSSR count). The number of carbonyl (C=O) groups excluding carboxylic acids is 1. The molecule has 1 saturated carbocycles. The van der Waals surface area contributed by atoms with Gasteiger partial charge in [-0.1, -0.05) is 26.2 Å². The smallest absolute Gasteiger partial charge is 0.410 e. The number of carboxylic acids is 1. The molecule has 1 fully saturated rings. The topological polar surface area (TPSA) is 66.8 Å². The number of carbonyl (C=O) groups is 2. The molecule has 0 saturated heterocycles. The number of amides is 1. The van der Waals surface area contributed by atoms with Crippen molar-refractivity contribution in [3.63, 3.8) is 0 Å². The van der Waals surface area contributed by atoms with Crippen molar-refractivity contribution in [1.29, 1.82) is 0 Å². The average molecular weight is 285 g/mol. The van der Waals surface area contributed by atoms with Gasteiger partial charge in [0.25, 0.3) is 0 Å². The number of carboxylic acid groups (broad SMARTS) is 1. The van der Waals surface area contributed by atoms with Gasteiger partial charge < -0.3 is 14.7 Å². The largest absolute Gasteiger partial charge is 0.481 e. The zero-order valence-corrected chi connectivity index (χ0v) is 12.6. The van der Waals surface area contributed by atoms with E-state index in [1.807, 2.05) is 6.92 Å². The van der Waals surface area contributed by atoms with E-state index in [4.69, 9.17) is 9.84 Å². The Morgan fingerprint density at radius 3 is 2.40 bits per heavy atom. The molecule has 20 heavy (non-hydrogen) atoms. The Labute approximate surface area is 121 Å². The van der Waals surface area contributed by atoms with Crippen LogP contribution in [0.5, 0.6) is 0 Å². The van der Waals surface area contributed by atoms with Gasteiger partial charge in [0.15, 0.2) is 0 Å². The molecule has 1 N–H and O–H groups in total. The van der Waals surface area contributed by atoms with Crippen LogP contribution in [0.25, 0.3) is 0 Å². The Balaban J connectivity index is 2.84. The zero-order valence-electron chi connectivity index (χ0n) is 12.6. The molecular weight excluding hydrogens is 258 g/mol. The normalized spacial score (nSPS) is 17.5. The number of hydrogen-bond acceptors (Lipinski definition) is 3. The van der Waals surface area contributed by atoms with Crippen LogP contribution in [0.3, 0.4) is 0 Å². The van der Waals surface area contributed by atoms with Gasteiger partial charge in [-0.25, -0.2) is 4.79 Å². The number of nitrogens with zero attached hydrogens (tertiary/aromatic N) is 1. The Hall–Kier alpha value is -1.26. The van der Waals surface area contributed by atoms with Gasteiger partial charge in [0.1, 0.15) is 0 Å². The van der Waals surface area contributed by atoms with Crippen LogP contribution in [0.2, 0.25) is 0 Å². The van der Waals surface area contributed by atoms with Crippen LogP contribution in [-0.2, 0) is 9.53 Å². The van der Waals surface area contributed by atoms with Crippen LogP contribution in [0.1, 0.15) is 58.8 Å². The lowest BCUT2D eigenvalue weighted by molar-refractivity contribution is -0.138. The van der Waals surface area contributed by atoms with Gasteiger partial charge in [-0.2, -0.15) is 0 Å². The molecule has 1 aliphatic carbocycles. The molecule has 116 valence electrons. The van der Waals surface area contributed by atoms with E-state index in [1.54, 1.807) is 11.8 Å². The summed E-state index contributed by atoms with van der Waals surface area (Å²) < 4.78 is 5.10. The summed E-state index contributed by atoms with van der Waals surface area (Å²) in [5.41, 5.74) is 0. The Morgan fingerprint density at radius 1 is 1.25 bits per heavy atom. The minimum atomic E-state index is -0.842. The third kappa shape index (κ3) is 5.02. The molecular formula is C15H27NO4. The second-order valence-corrected chi connectivity index (χ2v) is 5.46. The van der Waals surface area contributed by atoms with Gasteiger partial charge in [0.05, 0.1) is 13.0 Å². The summed E-state index contributed by atoms with van der Waals surface area (Å²) in [6.45, 7) is 4.65. The SMILES string of the molecule is CCCN(C(=O)OCC)C(CC(=O)O)C1CCCCC1. The van der Waals surface area contributed by atoms with Crippen LogP contribution in [0.4, 0.5) is 4.79 Å². The summed E-state index contributed by atoms with van der Waals surface area (Å²) in [7, 11) is 0. The lowest BCUT2D eigenvalue weighted by atomic mass is 9.82. The first kappa shape index (κ1) is 16.8. The number of ether oxygens (including phenoxy) is 1. The first-order valence-electron chi connectivity index (χ1n) is 7.75. The molecule has 0 aromatic rings. The molecule has 0 heterocycles. The van der Waals surface area contributed by atoms with Crippen molar-refractivity contribution < 1.29 is 19.4 Å². The fraction of sp³-hybridized carbons (Fsp3) is 0.867. The minimum absolute atomic E-state index is 0.0173. The van der Waals surface area contributed by atoms with E-state index in [-0.39, 0.29) is 24.5 Å². The van der Waals surface area contributed by atoms with Crippen molar-refractivity contribution >= 4 is 12.1 Å². The predicted molar refractivity (Wildman–Crippen MR) is 76.6 cm³/mol. The lowest BCUT2D eigenvalue weighted by Crippen LogP contribution is -2.47. The molecule has 1 atom stereocenters. The van der Waals surface area contributed by atoms with Crippen molar-refractivity contribution in [3.8, 4) is 0 Å². The highest BCUT2D eigenvalue weighted by Crippen LogP contribution is 2.31. The highest BCUT2D eigenvalue weighted by molar-refractivity contribution is 5.71. The maximum Gasteiger partial charge on any atom is 0.410 e. The Kier molecular flexibility index (Phi) is 7.41. The lowest BCUT2D eigenvalue weighted by Gasteiger charge is -2.37. The molecule has 0 spiro atoms. The molecule has 1 amide bonds. The molecule has 5 heteroatoms. The van der Waals surface area contributed by atoms with Gasteiger partial charge in [-0.3, -0.25) is 4.79 Å². The second-order valence-electron chi connectivity index (χ2n) is 5.46. The maximum absolute atomic E-state index is 12.1.